The van der Waals surface area contributed by atoms with Gasteiger partial charge in [-0.1, -0.05) is 17.3 Å². The Morgan fingerprint density at radius 2 is 2.00 bits per heavy atom. The maximum absolute atomic E-state index is 11.0. The van der Waals surface area contributed by atoms with E-state index in [4.69, 9.17) is 5.11 Å². The fourth-order valence-electron chi connectivity index (χ4n) is 1.64. The summed E-state index contributed by atoms with van der Waals surface area (Å²) >= 11 is 0. The minimum absolute atomic E-state index is 0.0801. The van der Waals surface area contributed by atoms with Crippen molar-refractivity contribution in [3.05, 3.63) is 47.3 Å². The van der Waals surface area contributed by atoms with E-state index in [0.29, 0.717) is 12.2 Å². The van der Waals surface area contributed by atoms with Crippen molar-refractivity contribution >= 4 is 16.0 Å². The smallest absolute Gasteiger partial charge is 0.335 e. The number of aromatic carboxylic acids is 1. The first-order valence-electron chi connectivity index (χ1n) is 5.99. The number of carboxylic acids is 1. The van der Waals surface area contributed by atoms with Crippen LogP contribution in [-0.2, 0) is 23.1 Å². The van der Waals surface area contributed by atoms with E-state index in [-0.39, 0.29) is 12.1 Å². The van der Waals surface area contributed by atoms with Gasteiger partial charge in [-0.2, -0.15) is 0 Å². The van der Waals surface area contributed by atoms with Crippen LogP contribution in [0.25, 0.3) is 0 Å². The Balaban J connectivity index is 2.00. The normalized spacial score (nSPS) is 11.5. The molecule has 1 aromatic heterocycles. The van der Waals surface area contributed by atoms with E-state index in [1.807, 2.05) is 0 Å². The molecule has 0 aliphatic rings. The molecule has 0 aliphatic heterocycles. The molecule has 0 amide bonds. The van der Waals surface area contributed by atoms with Crippen LogP contribution in [0.5, 0.6) is 0 Å². The molecule has 2 N–H and O–H groups in total. The Hall–Kier alpha value is -2.26. The van der Waals surface area contributed by atoms with Crippen molar-refractivity contribution in [3.63, 3.8) is 0 Å². The van der Waals surface area contributed by atoms with Gasteiger partial charge < -0.3 is 5.11 Å². The number of aromatic nitrogens is 3. The molecule has 0 bridgehead atoms. The summed E-state index contributed by atoms with van der Waals surface area (Å²) < 4.78 is 25.8. The predicted molar refractivity (Wildman–Crippen MR) is 74.2 cm³/mol. The van der Waals surface area contributed by atoms with Gasteiger partial charge in [0.1, 0.15) is 0 Å². The van der Waals surface area contributed by atoms with Crippen LogP contribution in [0.4, 0.5) is 0 Å². The molecule has 0 saturated heterocycles. The molecule has 1 heterocycles. The summed E-state index contributed by atoms with van der Waals surface area (Å²) in [5.41, 5.74) is 1.59. The number of nitrogens with zero attached hydrogens (tertiary/aromatic N) is 3. The molecule has 0 aliphatic carbocycles. The zero-order chi connectivity index (χ0) is 15.5. The van der Waals surface area contributed by atoms with Crippen LogP contribution in [0.1, 0.15) is 21.6 Å². The van der Waals surface area contributed by atoms with Crippen molar-refractivity contribution in [1.82, 2.24) is 19.7 Å². The quantitative estimate of drug-likeness (QED) is 0.780. The molecule has 9 heteroatoms. The number of hydrogen-bond donors (Lipinski definition) is 2. The molecule has 2 rings (SSSR count). The van der Waals surface area contributed by atoms with Crippen molar-refractivity contribution in [2.45, 2.75) is 13.1 Å². The van der Waals surface area contributed by atoms with Crippen molar-refractivity contribution in [1.29, 1.82) is 0 Å². The number of carbonyl (C=O) groups is 1. The molecule has 0 radical (unpaired) electrons. The summed E-state index contributed by atoms with van der Waals surface area (Å²) in [7, 11) is -3.27. The standard InChI is InChI=1S/C12H14N4O4S/c1-21(19,20)13-6-11-8-16(15-14-11)7-9-2-4-10(5-3-9)12(17)18/h2-5,8,13H,6-7H2,1H3,(H,17,18). The fourth-order valence-corrected chi connectivity index (χ4v) is 2.05. The van der Waals surface area contributed by atoms with E-state index in [9.17, 15) is 13.2 Å². The van der Waals surface area contributed by atoms with Crippen LogP contribution >= 0.6 is 0 Å². The van der Waals surface area contributed by atoms with Gasteiger partial charge in [-0.3, -0.25) is 0 Å². The van der Waals surface area contributed by atoms with E-state index in [0.717, 1.165) is 11.8 Å². The monoisotopic (exact) mass is 310 g/mol. The average molecular weight is 310 g/mol. The molecule has 112 valence electrons. The summed E-state index contributed by atoms with van der Waals surface area (Å²) in [5.74, 6) is -0.976. The first-order chi connectivity index (χ1) is 9.83. The van der Waals surface area contributed by atoms with Crippen LogP contribution in [0.2, 0.25) is 0 Å². The largest absolute Gasteiger partial charge is 0.478 e. The van der Waals surface area contributed by atoms with Crippen LogP contribution < -0.4 is 4.72 Å². The lowest BCUT2D eigenvalue weighted by molar-refractivity contribution is 0.0697. The third-order valence-electron chi connectivity index (χ3n) is 2.65. The molecule has 1 aromatic carbocycles. The topological polar surface area (TPSA) is 114 Å². The highest BCUT2D eigenvalue weighted by Gasteiger charge is 2.06. The Labute approximate surface area is 121 Å². The number of nitrogens with one attached hydrogen (secondary N) is 1. The highest BCUT2D eigenvalue weighted by molar-refractivity contribution is 7.88. The number of carboxylic acid groups (broad SMARTS) is 1. The van der Waals surface area contributed by atoms with Gasteiger partial charge in [-0.05, 0) is 17.7 Å². The summed E-state index contributed by atoms with van der Waals surface area (Å²) in [5, 5.41) is 16.5. The zero-order valence-electron chi connectivity index (χ0n) is 11.2. The minimum atomic E-state index is -3.27. The van der Waals surface area contributed by atoms with Crippen LogP contribution in [-0.4, -0.2) is 40.7 Å². The number of benzene rings is 1. The maximum atomic E-state index is 11.0. The molecule has 0 fully saturated rings. The molecule has 21 heavy (non-hydrogen) atoms. The third-order valence-corrected chi connectivity index (χ3v) is 3.32. The van der Waals surface area contributed by atoms with Crippen molar-refractivity contribution < 1.29 is 18.3 Å². The van der Waals surface area contributed by atoms with Gasteiger partial charge >= 0.3 is 5.97 Å². The van der Waals surface area contributed by atoms with Crippen molar-refractivity contribution in [2.24, 2.45) is 0 Å². The Morgan fingerprint density at radius 1 is 1.33 bits per heavy atom. The second-order valence-corrected chi connectivity index (χ2v) is 6.34. The molecule has 0 spiro atoms. The molecular weight excluding hydrogens is 296 g/mol. The van der Waals surface area contributed by atoms with E-state index < -0.39 is 16.0 Å². The van der Waals surface area contributed by atoms with Gasteiger partial charge in [0, 0.05) is 0 Å². The number of sulfonamides is 1. The second kappa shape index (κ2) is 6.02. The summed E-state index contributed by atoms with van der Waals surface area (Å²) in [6.07, 6.45) is 2.70. The third kappa shape index (κ3) is 4.65. The Kier molecular flexibility index (Phi) is 4.34. The molecule has 0 saturated carbocycles. The molecule has 0 atom stereocenters. The maximum Gasteiger partial charge on any atom is 0.335 e. The molecule has 0 unspecified atom stereocenters. The van der Waals surface area contributed by atoms with Gasteiger partial charge in [0.15, 0.2) is 0 Å². The van der Waals surface area contributed by atoms with Crippen LogP contribution in [0.3, 0.4) is 0 Å². The fraction of sp³-hybridized carbons (Fsp3) is 0.250. The lowest BCUT2D eigenvalue weighted by Crippen LogP contribution is -2.21. The number of rotatable bonds is 6. The first-order valence-corrected chi connectivity index (χ1v) is 7.88. The second-order valence-electron chi connectivity index (χ2n) is 4.50. The Bertz CT molecular complexity index is 737. The van der Waals surface area contributed by atoms with Crippen LogP contribution in [0.15, 0.2) is 30.5 Å². The van der Waals surface area contributed by atoms with Gasteiger partial charge in [0.25, 0.3) is 0 Å². The van der Waals surface area contributed by atoms with Gasteiger partial charge in [0.2, 0.25) is 10.0 Å². The summed E-state index contributed by atoms with van der Waals surface area (Å²) in [6.45, 7) is 0.503. The average Bonchev–Trinajstić information content (AvgIpc) is 2.84. The van der Waals surface area contributed by atoms with Gasteiger partial charge in [-0.25, -0.2) is 22.6 Å². The first kappa shape index (κ1) is 15.1. The van der Waals surface area contributed by atoms with E-state index in [1.165, 1.54) is 12.1 Å². The van der Waals surface area contributed by atoms with Gasteiger partial charge in [0.05, 0.1) is 36.8 Å². The molecular formula is C12H14N4O4S. The molecule has 2 aromatic rings. The minimum Gasteiger partial charge on any atom is -0.478 e. The summed E-state index contributed by atoms with van der Waals surface area (Å²) in [4.78, 5) is 10.7. The number of hydrogen-bond acceptors (Lipinski definition) is 5. The van der Waals surface area contributed by atoms with Gasteiger partial charge in [-0.15, -0.1) is 5.10 Å². The predicted octanol–water partition coefficient (Wildman–Crippen LogP) is 0.0738. The van der Waals surface area contributed by atoms with E-state index >= 15 is 0 Å². The summed E-state index contributed by atoms with van der Waals surface area (Å²) in [6, 6.07) is 6.42. The molecule has 8 nitrogen and oxygen atoms in total. The Morgan fingerprint density at radius 3 is 2.57 bits per heavy atom. The van der Waals surface area contributed by atoms with E-state index in [2.05, 4.69) is 15.0 Å². The lowest BCUT2D eigenvalue weighted by atomic mass is 10.1. The van der Waals surface area contributed by atoms with Crippen molar-refractivity contribution in [2.75, 3.05) is 6.26 Å². The highest BCUT2D eigenvalue weighted by Crippen LogP contribution is 2.06. The SMILES string of the molecule is CS(=O)(=O)NCc1cn(Cc2ccc(C(=O)O)cc2)nn1. The van der Waals surface area contributed by atoms with Crippen molar-refractivity contribution in [3.8, 4) is 0 Å². The lowest BCUT2D eigenvalue weighted by Gasteiger charge is -2.01. The van der Waals surface area contributed by atoms with Crippen LogP contribution in [0, 0.1) is 0 Å². The zero-order valence-corrected chi connectivity index (χ0v) is 12.0. The van der Waals surface area contributed by atoms with E-state index in [1.54, 1.807) is 23.0 Å². The highest BCUT2D eigenvalue weighted by atomic mass is 32.2.